The first kappa shape index (κ1) is 18.5. The SMILES string of the molecule is COC(=O)c1cc(CSCC(=O)Nc2ccccc2SC)oc1C. The van der Waals surface area contributed by atoms with Crippen molar-refractivity contribution in [2.24, 2.45) is 0 Å². The highest BCUT2D eigenvalue weighted by Gasteiger charge is 2.15. The minimum Gasteiger partial charge on any atom is -0.465 e. The van der Waals surface area contributed by atoms with Crippen LogP contribution >= 0.6 is 23.5 Å². The Morgan fingerprint density at radius 3 is 2.75 bits per heavy atom. The number of nitrogens with one attached hydrogen (secondary N) is 1. The minimum absolute atomic E-state index is 0.0713. The second-order valence-electron chi connectivity index (χ2n) is 4.92. The molecule has 0 radical (unpaired) electrons. The highest BCUT2D eigenvalue weighted by molar-refractivity contribution is 7.99. The first-order chi connectivity index (χ1) is 11.5. The Morgan fingerprint density at radius 2 is 2.04 bits per heavy atom. The normalized spacial score (nSPS) is 10.5. The van der Waals surface area contributed by atoms with Gasteiger partial charge in [0.15, 0.2) is 0 Å². The Labute approximate surface area is 149 Å². The first-order valence-corrected chi connectivity index (χ1v) is 9.61. The maximum absolute atomic E-state index is 12.1. The summed E-state index contributed by atoms with van der Waals surface area (Å²) < 4.78 is 10.2. The first-order valence-electron chi connectivity index (χ1n) is 7.23. The van der Waals surface area contributed by atoms with E-state index in [9.17, 15) is 9.59 Å². The predicted molar refractivity (Wildman–Crippen MR) is 97.8 cm³/mol. The maximum Gasteiger partial charge on any atom is 0.341 e. The molecule has 0 spiro atoms. The minimum atomic E-state index is -0.418. The number of ether oxygens (including phenoxy) is 1. The fourth-order valence-electron chi connectivity index (χ4n) is 2.11. The van der Waals surface area contributed by atoms with Crippen LogP contribution in [0.25, 0.3) is 0 Å². The third-order valence-corrected chi connectivity index (χ3v) is 4.98. The van der Waals surface area contributed by atoms with Crippen molar-refractivity contribution < 1.29 is 18.7 Å². The molecule has 5 nitrogen and oxygen atoms in total. The summed E-state index contributed by atoms with van der Waals surface area (Å²) in [6.45, 7) is 1.71. The molecule has 0 unspecified atom stereocenters. The third-order valence-electron chi connectivity index (χ3n) is 3.23. The van der Waals surface area contributed by atoms with Crippen LogP contribution in [-0.2, 0) is 15.3 Å². The lowest BCUT2D eigenvalue weighted by atomic mass is 10.2. The van der Waals surface area contributed by atoms with E-state index < -0.39 is 5.97 Å². The van der Waals surface area contributed by atoms with Gasteiger partial charge in [0.05, 0.1) is 24.3 Å². The Kier molecular flexibility index (Phi) is 6.81. The molecule has 7 heteroatoms. The average molecular weight is 365 g/mol. The summed E-state index contributed by atoms with van der Waals surface area (Å²) in [6, 6.07) is 9.34. The molecule has 0 saturated carbocycles. The van der Waals surface area contributed by atoms with Gasteiger partial charge < -0.3 is 14.5 Å². The van der Waals surface area contributed by atoms with Gasteiger partial charge in [0.1, 0.15) is 17.1 Å². The van der Waals surface area contributed by atoms with Gasteiger partial charge in [-0.1, -0.05) is 12.1 Å². The van der Waals surface area contributed by atoms with E-state index in [0.29, 0.717) is 28.6 Å². The zero-order valence-corrected chi connectivity index (χ0v) is 15.4. The molecule has 2 rings (SSSR count). The second kappa shape index (κ2) is 8.84. The topological polar surface area (TPSA) is 68.5 Å². The van der Waals surface area contributed by atoms with Crippen LogP contribution in [0.4, 0.5) is 5.69 Å². The molecule has 0 aliphatic carbocycles. The molecule has 128 valence electrons. The van der Waals surface area contributed by atoms with E-state index in [0.717, 1.165) is 10.6 Å². The molecule has 1 aromatic carbocycles. The van der Waals surface area contributed by atoms with Crippen molar-refractivity contribution in [1.29, 1.82) is 0 Å². The molecule has 1 N–H and O–H groups in total. The van der Waals surface area contributed by atoms with E-state index in [1.54, 1.807) is 24.8 Å². The van der Waals surface area contributed by atoms with E-state index in [4.69, 9.17) is 4.42 Å². The molecule has 1 amide bonds. The number of carbonyl (C=O) groups is 2. The van der Waals surface area contributed by atoms with E-state index in [1.165, 1.54) is 18.9 Å². The number of benzene rings is 1. The predicted octanol–water partition coefficient (Wildman–Crippen LogP) is 3.97. The number of aryl methyl sites for hydroxylation is 1. The van der Waals surface area contributed by atoms with Crippen LogP contribution in [0.15, 0.2) is 39.6 Å². The summed E-state index contributed by atoms with van der Waals surface area (Å²) >= 11 is 3.01. The zero-order chi connectivity index (χ0) is 17.5. The van der Waals surface area contributed by atoms with Gasteiger partial charge in [0.2, 0.25) is 5.91 Å². The van der Waals surface area contributed by atoms with Crippen LogP contribution in [-0.4, -0.2) is 31.0 Å². The molecule has 0 aliphatic heterocycles. The van der Waals surface area contributed by atoms with Gasteiger partial charge in [-0.3, -0.25) is 4.79 Å². The standard InChI is InChI=1S/C17H19NO4S2/c1-11-13(17(20)21-2)8-12(22-11)9-24-10-16(19)18-14-6-4-5-7-15(14)23-3/h4-8H,9-10H2,1-3H3,(H,18,19). The number of carbonyl (C=O) groups excluding carboxylic acids is 2. The Hall–Kier alpha value is -1.86. The summed E-state index contributed by atoms with van der Waals surface area (Å²) in [5.74, 6) is 1.49. The van der Waals surface area contributed by atoms with Crippen molar-refractivity contribution >= 4 is 41.1 Å². The van der Waals surface area contributed by atoms with Crippen LogP contribution < -0.4 is 5.32 Å². The zero-order valence-electron chi connectivity index (χ0n) is 13.8. The van der Waals surface area contributed by atoms with Crippen molar-refractivity contribution in [1.82, 2.24) is 0 Å². The Bertz CT molecular complexity index is 727. The largest absolute Gasteiger partial charge is 0.465 e. The molecule has 0 aliphatic rings. The highest BCUT2D eigenvalue weighted by Crippen LogP contribution is 2.25. The molecule has 0 atom stereocenters. The van der Waals surface area contributed by atoms with Crippen molar-refractivity contribution in [3.63, 3.8) is 0 Å². The molecule has 0 bridgehead atoms. The van der Waals surface area contributed by atoms with Gasteiger partial charge in [0.25, 0.3) is 0 Å². The molecular weight excluding hydrogens is 346 g/mol. The van der Waals surface area contributed by atoms with Crippen LogP contribution in [0.5, 0.6) is 0 Å². The van der Waals surface area contributed by atoms with Crippen molar-refractivity contribution in [2.45, 2.75) is 17.6 Å². The van der Waals surface area contributed by atoms with Gasteiger partial charge in [0, 0.05) is 4.90 Å². The number of para-hydroxylation sites is 1. The molecule has 1 heterocycles. The quantitative estimate of drug-likeness (QED) is 0.591. The number of thioether (sulfide) groups is 2. The molecule has 24 heavy (non-hydrogen) atoms. The van der Waals surface area contributed by atoms with Gasteiger partial charge in [-0.2, -0.15) is 0 Å². The van der Waals surface area contributed by atoms with E-state index in [2.05, 4.69) is 10.1 Å². The van der Waals surface area contributed by atoms with Crippen LogP contribution in [0, 0.1) is 6.92 Å². The lowest BCUT2D eigenvalue weighted by Crippen LogP contribution is -2.14. The van der Waals surface area contributed by atoms with E-state index >= 15 is 0 Å². The number of esters is 1. The monoisotopic (exact) mass is 365 g/mol. The van der Waals surface area contributed by atoms with Crippen LogP contribution in [0.3, 0.4) is 0 Å². The molecule has 0 saturated heterocycles. The van der Waals surface area contributed by atoms with Crippen molar-refractivity contribution in [3.05, 3.63) is 47.4 Å². The van der Waals surface area contributed by atoms with Crippen LogP contribution in [0.1, 0.15) is 21.9 Å². The van der Waals surface area contributed by atoms with Gasteiger partial charge >= 0.3 is 5.97 Å². The van der Waals surface area contributed by atoms with Crippen LogP contribution in [0.2, 0.25) is 0 Å². The average Bonchev–Trinajstić information content (AvgIpc) is 2.95. The fraction of sp³-hybridized carbons (Fsp3) is 0.294. The maximum atomic E-state index is 12.1. The molecule has 0 fully saturated rings. The smallest absolute Gasteiger partial charge is 0.341 e. The number of amides is 1. The lowest BCUT2D eigenvalue weighted by molar-refractivity contribution is -0.113. The van der Waals surface area contributed by atoms with Gasteiger partial charge in [-0.05, 0) is 31.4 Å². The third kappa shape index (κ3) is 4.82. The van der Waals surface area contributed by atoms with E-state index in [1.807, 2.05) is 30.5 Å². The number of rotatable bonds is 7. The molecule has 2 aromatic rings. The van der Waals surface area contributed by atoms with E-state index in [-0.39, 0.29) is 5.91 Å². The highest BCUT2D eigenvalue weighted by atomic mass is 32.2. The molecular formula is C17H19NO4S2. The van der Waals surface area contributed by atoms with Gasteiger partial charge in [-0.15, -0.1) is 23.5 Å². The van der Waals surface area contributed by atoms with Gasteiger partial charge in [-0.25, -0.2) is 4.79 Å². The van der Waals surface area contributed by atoms with Crippen molar-refractivity contribution in [2.75, 3.05) is 24.4 Å². The lowest BCUT2D eigenvalue weighted by Gasteiger charge is -2.08. The number of hydrogen-bond donors (Lipinski definition) is 1. The summed E-state index contributed by atoms with van der Waals surface area (Å²) in [6.07, 6.45) is 1.97. The second-order valence-corrected chi connectivity index (χ2v) is 6.75. The number of furan rings is 1. The Balaban J connectivity index is 1.86. The summed E-state index contributed by atoms with van der Waals surface area (Å²) in [4.78, 5) is 24.6. The number of hydrogen-bond acceptors (Lipinski definition) is 6. The number of anilines is 1. The molecule has 1 aromatic heterocycles. The summed E-state index contributed by atoms with van der Waals surface area (Å²) in [7, 11) is 1.33. The van der Waals surface area contributed by atoms with Crippen molar-refractivity contribution in [3.8, 4) is 0 Å². The fourth-order valence-corrected chi connectivity index (χ4v) is 3.36. The Morgan fingerprint density at radius 1 is 1.29 bits per heavy atom. The summed E-state index contributed by atoms with van der Waals surface area (Å²) in [5, 5.41) is 2.91. The summed E-state index contributed by atoms with van der Waals surface area (Å²) in [5.41, 5.74) is 1.24. The number of methoxy groups -OCH3 is 1.